The van der Waals surface area contributed by atoms with Crippen LogP contribution in [0.3, 0.4) is 0 Å². The molecule has 0 radical (unpaired) electrons. The molecule has 0 bridgehead atoms. The predicted molar refractivity (Wildman–Crippen MR) is 154 cm³/mol. The van der Waals surface area contributed by atoms with Crippen LogP contribution in [0.4, 0.5) is 4.79 Å². The predicted octanol–water partition coefficient (Wildman–Crippen LogP) is 5.07. The molecule has 41 heavy (non-hydrogen) atoms. The van der Waals surface area contributed by atoms with Gasteiger partial charge >= 0.3 is 12.1 Å². The lowest BCUT2D eigenvalue weighted by molar-refractivity contribution is -0.146. The lowest BCUT2D eigenvalue weighted by atomic mass is 9.97. The molecule has 1 aliphatic carbocycles. The number of fused-ring (bicyclic) bond motifs is 3. The van der Waals surface area contributed by atoms with E-state index >= 15 is 0 Å². The molecule has 9 nitrogen and oxygen atoms in total. The van der Waals surface area contributed by atoms with Crippen molar-refractivity contribution in [3.05, 3.63) is 83.4 Å². The van der Waals surface area contributed by atoms with Crippen LogP contribution in [0.15, 0.2) is 66.7 Å². The minimum absolute atomic E-state index is 0.0302. The number of aliphatic carboxylic acids is 1. The number of hydrogen-bond acceptors (Lipinski definition) is 6. The standard InChI is InChI=1S/C32H36N2O7/c1-5-20(2)30(31(37)34(18-29(35)36)17-21-14-15-22(39-3)16-28(21)40-4)33-32(38)41-19-27-25-12-8-6-10-23(25)24-11-7-9-13-26(24)27/h6-16,20,27,30H,5,17-19H2,1-4H3,(H,33,38)(H,35,36). The number of nitrogens with zero attached hydrogens (tertiary/aromatic N) is 1. The number of alkyl carbamates (subject to hydrolysis) is 1. The molecule has 0 saturated carbocycles. The van der Waals surface area contributed by atoms with Gasteiger partial charge in [0.15, 0.2) is 0 Å². The fourth-order valence-corrected chi connectivity index (χ4v) is 5.21. The third-order valence-electron chi connectivity index (χ3n) is 7.59. The number of carbonyl (C=O) groups excluding carboxylic acids is 2. The molecular formula is C32H36N2O7. The van der Waals surface area contributed by atoms with E-state index < -0.39 is 30.6 Å². The lowest BCUT2D eigenvalue weighted by Gasteiger charge is -2.30. The zero-order valence-corrected chi connectivity index (χ0v) is 23.8. The van der Waals surface area contributed by atoms with Crippen molar-refractivity contribution in [3.63, 3.8) is 0 Å². The minimum atomic E-state index is -1.17. The van der Waals surface area contributed by atoms with E-state index in [1.807, 2.05) is 50.2 Å². The molecule has 1 aliphatic rings. The average molecular weight is 561 g/mol. The Kier molecular flexibility index (Phi) is 9.49. The van der Waals surface area contributed by atoms with Gasteiger partial charge in [-0.3, -0.25) is 9.59 Å². The number of carboxylic acids is 1. The normalized spacial score (nSPS) is 13.4. The van der Waals surface area contributed by atoms with Crippen molar-refractivity contribution in [1.29, 1.82) is 0 Å². The number of hydrogen-bond donors (Lipinski definition) is 2. The largest absolute Gasteiger partial charge is 0.497 e. The van der Waals surface area contributed by atoms with Gasteiger partial charge in [0.25, 0.3) is 0 Å². The Morgan fingerprint density at radius 2 is 1.59 bits per heavy atom. The smallest absolute Gasteiger partial charge is 0.407 e. The minimum Gasteiger partial charge on any atom is -0.497 e. The highest BCUT2D eigenvalue weighted by atomic mass is 16.5. The maximum atomic E-state index is 13.8. The van der Waals surface area contributed by atoms with Crippen molar-refractivity contribution >= 4 is 18.0 Å². The number of carbonyl (C=O) groups is 3. The molecule has 0 heterocycles. The van der Waals surface area contributed by atoms with Crippen LogP contribution in [0, 0.1) is 5.92 Å². The molecule has 2 unspecified atom stereocenters. The van der Waals surface area contributed by atoms with E-state index in [0.717, 1.165) is 22.3 Å². The molecule has 9 heteroatoms. The Hall–Kier alpha value is -4.53. The molecule has 216 valence electrons. The first-order chi connectivity index (χ1) is 19.8. The van der Waals surface area contributed by atoms with Crippen molar-refractivity contribution in [2.24, 2.45) is 5.92 Å². The SMILES string of the molecule is CCC(C)C(NC(=O)OCC1c2ccccc2-c2ccccc21)C(=O)N(CC(=O)O)Cc1ccc(OC)cc1OC. The topological polar surface area (TPSA) is 114 Å². The fraction of sp³-hybridized carbons (Fsp3) is 0.344. The van der Waals surface area contributed by atoms with E-state index in [4.69, 9.17) is 14.2 Å². The van der Waals surface area contributed by atoms with Crippen LogP contribution in [0.5, 0.6) is 11.5 Å². The number of methoxy groups -OCH3 is 2. The van der Waals surface area contributed by atoms with Gasteiger partial charge in [-0.05, 0) is 40.3 Å². The first-order valence-electron chi connectivity index (χ1n) is 13.6. The molecule has 4 rings (SSSR count). The third-order valence-corrected chi connectivity index (χ3v) is 7.59. The second-order valence-corrected chi connectivity index (χ2v) is 10.1. The summed E-state index contributed by atoms with van der Waals surface area (Å²) in [5, 5.41) is 12.3. The van der Waals surface area contributed by atoms with Crippen molar-refractivity contribution in [2.45, 2.75) is 38.8 Å². The Bertz CT molecular complexity index is 1360. The van der Waals surface area contributed by atoms with Gasteiger partial charge in [0, 0.05) is 17.5 Å². The van der Waals surface area contributed by atoms with Crippen molar-refractivity contribution in [3.8, 4) is 22.6 Å². The Labute approximate surface area is 240 Å². The fourth-order valence-electron chi connectivity index (χ4n) is 5.21. The molecule has 3 aromatic carbocycles. The van der Waals surface area contributed by atoms with Crippen LogP contribution in [0.1, 0.15) is 42.9 Å². The van der Waals surface area contributed by atoms with E-state index in [1.165, 1.54) is 19.1 Å². The number of amides is 2. The van der Waals surface area contributed by atoms with Gasteiger partial charge in [-0.15, -0.1) is 0 Å². The number of ether oxygens (including phenoxy) is 3. The first-order valence-corrected chi connectivity index (χ1v) is 13.6. The maximum absolute atomic E-state index is 13.8. The zero-order valence-electron chi connectivity index (χ0n) is 23.8. The molecule has 3 aromatic rings. The molecule has 0 spiro atoms. The van der Waals surface area contributed by atoms with Crippen molar-refractivity contribution < 1.29 is 33.7 Å². The molecular weight excluding hydrogens is 524 g/mol. The van der Waals surface area contributed by atoms with E-state index in [1.54, 1.807) is 18.2 Å². The second-order valence-electron chi connectivity index (χ2n) is 10.1. The highest BCUT2D eigenvalue weighted by molar-refractivity contribution is 5.88. The van der Waals surface area contributed by atoms with E-state index in [9.17, 15) is 19.5 Å². The van der Waals surface area contributed by atoms with Crippen LogP contribution < -0.4 is 14.8 Å². The monoisotopic (exact) mass is 560 g/mol. The van der Waals surface area contributed by atoms with Gasteiger partial charge in [-0.25, -0.2) is 4.79 Å². The highest BCUT2D eigenvalue weighted by Crippen LogP contribution is 2.44. The molecule has 0 aromatic heterocycles. The molecule has 2 N–H and O–H groups in total. The third kappa shape index (κ3) is 6.62. The summed E-state index contributed by atoms with van der Waals surface area (Å²) in [6, 6.07) is 20.2. The summed E-state index contributed by atoms with van der Waals surface area (Å²) in [7, 11) is 3.02. The van der Waals surface area contributed by atoms with Gasteiger partial charge in [0.2, 0.25) is 5.91 Å². The number of carboxylic acid groups (broad SMARTS) is 1. The summed E-state index contributed by atoms with van der Waals surface area (Å²) in [5.74, 6) is -1.08. The van der Waals surface area contributed by atoms with Gasteiger partial charge in [-0.1, -0.05) is 68.8 Å². The van der Waals surface area contributed by atoms with Gasteiger partial charge in [-0.2, -0.15) is 0 Å². The van der Waals surface area contributed by atoms with Crippen molar-refractivity contribution in [2.75, 3.05) is 27.4 Å². The van der Waals surface area contributed by atoms with Crippen LogP contribution in [-0.4, -0.2) is 61.4 Å². The number of nitrogens with one attached hydrogen (secondary N) is 1. The summed E-state index contributed by atoms with van der Waals surface area (Å²) in [4.78, 5) is 39.8. The molecule has 0 fully saturated rings. The van der Waals surface area contributed by atoms with Crippen LogP contribution in [0.25, 0.3) is 11.1 Å². The summed E-state index contributed by atoms with van der Waals surface area (Å²) < 4.78 is 16.4. The molecule has 0 saturated heterocycles. The van der Waals surface area contributed by atoms with E-state index in [2.05, 4.69) is 17.4 Å². The summed E-state index contributed by atoms with van der Waals surface area (Å²) in [5.41, 5.74) is 4.99. The van der Waals surface area contributed by atoms with Gasteiger partial charge < -0.3 is 29.5 Å². The average Bonchev–Trinajstić information content (AvgIpc) is 3.31. The highest BCUT2D eigenvalue weighted by Gasteiger charge is 2.33. The summed E-state index contributed by atoms with van der Waals surface area (Å²) in [6.07, 6.45) is -0.157. The quantitative estimate of drug-likeness (QED) is 0.318. The summed E-state index contributed by atoms with van der Waals surface area (Å²) in [6.45, 7) is 3.26. The first kappa shape index (κ1) is 29.5. The number of rotatable bonds is 12. The van der Waals surface area contributed by atoms with E-state index in [-0.39, 0.29) is 25.0 Å². The lowest BCUT2D eigenvalue weighted by Crippen LogP contribution is -2.52. The molecule has 0 aliphatic heterocycles. The van der Waals surface area contributed by atoms with Crippen molar-refractivity contribution in [1.82, 2.24) is 10.2 Å². The Morgan fingerprint density at radius 1 is 0.951 bits per heavy atom. The Morgan fingerprint density at radius 3 is 2.15 bits per heavy atom. The van der Waals surface area contributed by atoms with Gasteiger partial charge in [0.05, 0.1) is 20.8 Å². The second kappa shape index (κ2) is 13.2. The molecule has 2 amide bonds. The van der Waals surface area contributed by atoms with Gasteiger partial charge in [0.1, 0.15) is 30.7 Å². The zero-order chi connectivity index (χ0) is 29.5. The molecule has 2 atom stereocenters. The number of benzene rings is 3. The van der Waals surface area contributed by atoms with Crippen LogP contribution in [-0.2, 0) is 20.9 Å². The van der Waals surface area contributed by atoms with Crippen LogP contribution in [0.2, 0.25) is 0 Å². The maximum Gasteiger partial charge on any atom is 0.407 e. The van der Waals surface area contributed by atoms with Crippen LogP contribution >= 0.6 is 0 Å². The summed E-state index contributed by atoms with van der Waals surface area (Å²) >= 11 is 0. The Balaban J connectivity index is 1.50. The van der Waals surface area contributed by atoms with E-state index in [0.29, 0.717) is 23.5 Å².